The molecule has 0 saturated heterocycles. The molecule has 1 unspecified atom stereocenters. The van der Waals surface area contributed by atoms with E-state index in [9.17, 15) is 5.11 Å². The van der Waals surface area contributed by atoms with Gasteiger partial charge in [-0.05, 0) is 56.7 Å². The molecule has 2 rings (SSSR count). The largest absolute Gasteiger partial charge is 0.490 e. The summed E-state index contributed by atoms with van der Waals surface area (Å²) >= 11 is 5.97. The molecule has 106 valence electrons. The van der Waals surface area contributed by atoms with Gasteiger partial charge in [0.15, 0.2) is 0 Å². The van der Waals surface area contributed by atoms with Crippen molar-refractivity contribution in [2.45, 2.75) is 58.2 Å². The fraction of sp³-hybridized carbons (Fsp3) is 0.625. The number of hydrogen-bond acceptors (Lipinski definition) is 2. The van der Waals surface area contributed by atoms with E-state index in [1.165, 1.54) is 19.3 Å². The van der Waals surface area contributed by atoms with Crippen molar-refractivity contribution in [3.8, 4) is 5.75 Å². The van der Waals surface area contributed by atoms with E-state index >= 15 is 0 Å². The van der Waals surface area contributed by atoms with Gasteiger partial charge in [0.25, 0.3) is 0 Å². The van der Waals surface area contributed by atoms with Gasteiger partial charge in [-0.3, -0.25) is 0 Å². The van der Waals surface area contributed by atoms with Crippen LogP contribution in [0.1, 0.15) is 57.6 Å². The van der Waals surface area contributed by atoms with Crippen LogP contribution in [-0.4, -0.2) is 11.2 Å². The van der Waals surface area contributed by atoms with Crippen LogP contribution >= 0.6 is 11.6 Å². The van der Waals surface area contributed by atoms with Crippen molar-refractivity contribution in [2.24, 2.45) is 5.92 Å². The second-order valence-corrected chi connectivity index (χ2v) is 5.96. The molecule has 0 heterocycles. The highest BCUT2D eigenvalue weighted by Gasteiger charge is 2.22. The van der Waals surface area contributed by atoms with Crippen molar-refractivity contribution in [3.05, 3.63) is 28.8 Å². The Morgan fingerprint density at radius 1 is 1.32 bits per heavy atom. The minimum atomic E-state index is -0.555. The molecular weight excluding hydrogens is 260 g/mol. The minimum Gasteiger partial charge on any atom is -0.490 e. The summed E-state index contributed by atoms with van der Waals surface area (Å²) in [6.07, 6.45) is 5.72. The summed E-state index contributed by atoms with van der Waals surface area (Å²) in [4.78, 5) is 0. The van der Waals surface area contributed by atoms with E-state index in [-0.39, 0.29) is 6.10 Å². The van der Waals surface area contributed by atoms with E-state index in [1.807, 2.05) is 12.1 Å². The van der Waals surface area contributed by atoms with Gasteiger partial charge in [-0.15, -0.1) is 0 Å². The lowest BCUT2D eigenvalue weighted by molar-refractivity contribution is 0.122. The van der Waals surface area contributed by atoms with Crippen LogP contribution in [-0.2, 0) is 0 Å². The van der Waals surface area contributed by atoms with Crippen molar-refractivity contribution >= 4 is 11.6 Å². The Morgan fingerprint density at radius 2 is 2.00 bits per heavy atom. The highest BCUT2D eigenvalue weighted by Crippen LogP contribution is 2.33. The molecule has 0 amide bonds. The first-order valence-electron chi connectivity index (χ1n) is 7.24. The highest BCUT2D eigenvalue weighted by atomic mass is 35.5. The molecule has 0 bridgehead atoms. The number of benzene rings is 1. The Balaban J connectivity index is 2.03. The van der Waals surface area contributed by atoms with E-state index in [2.05, 4.69) is 6.92 Å². The van der Waals surface area contributed by atoms with Gasteiger partial charge in [-0.1, -0.05) is 24.9 Å². The van der Waals surface area contributed by atoms with Gasteiger partial charge in [-0.25, -0.2) is 0 Å². The van der Waals surface area contributed by atoms with Gasteiger partial charge in [0.05, 0.1) is 12.2 Å². The Hall–Kier alpha value is -0.730. The average Bonchev–Trinajstić information content (AvgIpc) is 2.41. The number of hydrogen-bond donors (Lipinski definition) is 1. The van der Waals surface area contributed by atoms with E-state index < -0.39 is 6.10 Å². The molecule has 1 atom stereocenters. The molecule has 0 aliphatic heterocycles. The van der Waals surface area contributed by atoms with Gasteiger partial charge in [0, 0.05) is 10.6 Å². The Labute approximate surface area is 120 Å². The number of rotatable bonds is 4. The lowest BCUT2D eigenvalue weighted by Crippen LogP contribution is -2.24. The lowest BCUT2D eigenvalue weighted by atomic mass is 9.86. The quantitative estimate of drug-likeness (QED) is 0.864. The van der Waals surface area contributed by atoms with Crippen LogP contribution in [0.25, 0.3) is 0 Å². The van der Waals surface area contributed by atoms with Crippen molar-refractivity contribution in [2.75, 3.05) is 0 Å². The molecule has 1 aliphatic carbocycles. The van der Waals surface area contributed by atoms with Crippen LogP contribution in [0.4, 0.5) is 0 Å². The molecule has 1 fully saturated rings. The fourth-order valence-electron chi connectivity index (χ4n) is 2.79. The SMILES string of the molecule is CCC1CCC(Oc2ccc(Cl)cc2C(C)O)CC1. The number of aliphatic hydroxyl groups is 1. The van der Waals surface area contributed by atoms with Crippen molar-refractivity contribution in [3.63, 3.8) is 0 Å². The van der Waals surface area contributed by atoms with Crippen LogP contribution in [0.5, 0.6) is 5.75 Å². The monoisotopic (exact) mass is 282 g/mol. The molecule has 1 aromatic rings. The normalized spacial score (nSPS) is 25.1. The number of ether oxygens (including phenoxy) is 1. The zero-order chi connectivity index (χ0) is 13.8. The smallest absolute Gasteiger partial charge is 0.125 e. The Bertz CT molecular complexity index is 409. The fourth-order valence-corrected chi connectivity index (χ4v) is 2.97. The topological polar surface area (TPSA) is 29.5 Å². The molecule has 2 nitrogen and oxygen atoms in total. The summed E-state index contributed by atoms with van der Waals surface area (Å²) in [5.41, 5.74) is 0.783. The maximum absolute atomic E-state index is 9.80. The lowest BCUT2D eigenvalue weighted by Gasteiger charge is -2.29. The highest BCUT2D eigenvalue weighted by molar-refractivity contribution is 6.30. The summed E-state index contributed by atoms with van der Waals surface area (Å²) in [6, 6.07) is 5.48. The second kappa shape index (κ2) is 6.62. The van der Waals surface area contributed by atoms with E-state index in [1.54, 1.807) is 13.0 Å². The number of halogens is 1. The predicted octanol–water partition coefficient (Wildman–Crippen LogP) is 4.74. The van der Waals surface area contributed by atoms with E-state index in [4.69, 9.17) is 16.3 Å². The summed E-state index contributed by atoms with van der Waals surface area (Å²) in [5, 5.41) is 10.4. The summed E-state index contributed by atoms with van der Waals surface area (Å²) in [6.45, 7) is 4.00. The van der Waals surface area contributed by atoms with Gasteiger partial charge >= 0.3 is 0 Å². The molecular formula is C16H23ClO2. The van der Waals surface area contributed by atoms with Gasteiger partial charge < -0.3 is 9.84 Å². The molecule has 19 heavy (non-hydrogen) atoms. The van der Waals surface area contributed by atoms with Crippen LogP contribution < -0.4 is 4.74 Å². The molecule has 3 heteroatoms. The summed E-state index contributed by atoms with van der Waals surface area (Å²) in [7, 11) is 0. The third-order valence-electron chi connectivity index (χ3n) is 4.09. The molecule has 1 aliphatic rings. The average molecular weight is 283 g/mol. The predicted molar refractivity (Wildman–Crippen MR) is 78.8 cm³/mol. The van der Waals surface area contributed by atoms with Gasteiger partial charge in [-0.2, -0.15) is 0 Å². The molecule has 1 aromatic carbocycles. The first-order valence-corrected chi connectivity index (χ1v) is 7.62. The third-order valence-corrected chi connectivity index (χ3v) is 4.32. The Kier molecular flexibility index (Phi) is 5.12. The van der Waals surface area contributed by atoms with Crippen LogP contribution in [0.3, 0.4) is 0 Å². The van der Waals surface area contributed by atoms with Crippen LogP contribution in [0.15, 0.2) is 18.2 Å². The van der Waals surface area contributed by atoms with Crippen molar-refractivity contribution in [1.29, 1.82) is 0 Å². The van der Waals surface area contributed by atoms with Crippen molar-refractivity contribution < 1.29 is 9.84 Å². The second-order valence-electron chi connectivity index (χ2n) is 5.53. The molecule has 1 N–H and O–H groups in total. The molecule has 1 saturated carbocycles. The maximum atomic E-state index is 9.80. The van der Waals surface area contributed by atoms with Gasteiger partial charge in [0.1, 0.15) is 5.75 Å². The van der Waals surface area contributed by atoms with Crippen LogP contribution in [0, 0.1) is 5.92 Å². The summed E-state index contributed by atoms with van der Waals surface area (Å²) in [5.74, 6) is 1.64. The van der Waals surface area contributed by atoms with Crippen molar-refractivity contribution in [1.82, 2.24) is 0 Å². The van der Waals surface area contributed by atoms with Gasteiger partial charge in [0.2, 0.25) is 0 Å². The molecule has 0 spiro atoms. The summed E-state index contributed by atoms with van der Waals surface area (Å²) < 4.78 is 6.08. The zero-order valence-electron chi connectivity index (χ0n) is 11.7. The molecule has 0 radical (unpaired) electrons. The number of aliphatic hydroxyl groups excluding tert-OH is 1. The van der Waals surface area contributed by atoms with E-state index in [0.717, 1.165) is 30.1 Å². The Morgan fingerprint density at radius 3 is 2.58 bits per heavy atom. The minimum absolute atomic E-state index is 0.279. The first-order chi connectivity index (χ1) is 9.10. The third kappa shape index (κ3) is 3.87. The molecule has 0 aromatic heterocycles. The van der Waals surface area contributed by atoms with E-state index in [0.29, 0.717) is 5.02 Å². The first kappa shape index (κ1) is 14.7. The maximum Gasteiger partial charge on any atom is 0.125 e. The van der Waals surface area contributed by atoms with Crippen LogP contribution in [0.2, 0.25) is 5.02 Å². The zero-order valence-corrected chi connectivity index (χ0v) is 12.5. The standard InChI is InChI=1S/C16H23ClO2/c1-3-12-4-7-14(8-5-12)19-16-9-6-13(17)10-15(16)11(2)18/h6,9-12,14,18H,3-5,7-8H2,1-2H3.